The van der Waals surface area contributed by atoms with E-state index in [0.717, 1.165) is 29.8 Å². The van der Waals surface area contributed by atoms with Crippen LogP contribution in [0.15, 0.2) is 59.0 Å². The van der Waals surface area contributed by atoms with Crippen molar-refractivity contribution < 1.29 is 23.4 Å². The number of rotatable bonds is 7. The van der Waals surface area contributed by atoms with Crippen molar-refractivity contribution in [3.05, 3.63) is 60.4 Å². The number of amides is 1. The highest BCUT2D eigenvalue weighted by molar-refractivity contribution is 5.92. The van der Waals surface area contributed by atoms with Crippen LogP contribution >= 0.6 is 0 Å². The number of carbonyl (C=O) groups is 1. The fourth-order valence-electron chi connectivity index (χ4n) is 3.96. The third-order valence-corrected chi connectivity index (χ3v) is 5.65. The number of carbonyl (C=O) groups excluding carboxylic acids is 1. The SMILES string of the molecule is COc1ccc(-c2ccc(C(=O)N3CCCC(Nc4ccc(OC)c(OC)c4)C3)o2)cc1. The minimum absolute atomic E-state index is 0.0939. The van der Waals surface area contributed by atoms with Crippen molar-refractivity contribution in [3.63, 3.8) is 0 Å². The van der Waals surface area contributed by atoms with E-state index in [2.05, 4.69) is 5.32 Å². The number of hydrogen-bond acceptors (Lipinski definition) is 6. The number of methoxy groups -OCH3 is 3. The molecule has 1 atom stereocenters. The van der Waals surface area contributed by atoms with E-state index in [1.54, 1.807) is 27.4 Å². The first kappa shape index (κ1) is 21.6. The van der Waals surface area contributed by atoms with Crippen molar-refractivity contribution in [1.29, 1.82) is 0 Å². The maximum Gasteiger partial charge on any atom is 0.289 e. The highest BCUT2D eigenvalue weighted by atomic mass is 16.5. The molecule has 0 spiro atoms. The first-order valence-electron chi connectivity index (χ1n) is 10.6. The largest absolute Gasteiger partial charge is 0.497 e. The maximum atomic E-state index is 13.1. The zero-order chi connectivity index (χ0) is 22.5. The lowest BCUT2D eigenvalue weighted by Gasteiger charge is -2.33. The van der Waals surface area contributed by atoms with E-state index in [-0.39, 0.29) is 11.9 Å². The van der Waals surface area contributed by atoms with Gasteiger partial charge in [-0.1, -0.05) is 0 Å². The third-order valence-electron chi connectivity index (χ3n) is 5.65. The van der Waals surface area contributed by atoms with Crippen LogP contribution in [0.25, 0.3) is 11.3 Å². The lowest BCUT2D eigenvalue weighted by molar-refractivity contribution is 0.0683. The second-order valence-electron chi connectivity index (χ2n) is 7.70. The summed E-state index contributed by atoms with van der Waals surface area (Å²) in [6.07, 6.45) is 1.90. The first-order chi connectivity index (χ1) is 15.6. The number of likely N-dealkylation sites (tertiary alicyclic amines) is 1. The molecule has 2 aromatic carbocycles. The predicted molar refractivity (Wildman–Crippen MR) is 123 cm³/mol. The van der Waals surface area contributed by atoms with Crippen LogP contribution in [-0.2, 0) is 0 Å². The lowest BCUT2D eigenvalue weighted by Crippen LogP contribution is -2.45. The molecule has 1 aliphatic rings. The summed E-state index contributed by atoms with van der Waals surface area (Å²) in [4.78, 5) is 14.9. The van der Waals surface area contributed by atoms with Gasteiger partial charge in [-0.3, -0.25) is 4.79 Å². The van der Waals surface area contributed by atoms with Gasteiger partial charge in [0.15, 0.2) is 17.3 Å². The van der Waals surface area contributed by atoms with Crippen LogP contribution in [-0.4, -0.2) is 51.3 Å². The van der Waals surface area contributed by atoms with Gasteiger partial charge in [-0.05, 0) is 61.4 Å². The Morgan fingerprint density at radius 1 is 0.969 bits per heavy atom. The van der Waals surface area contributed by atoms with Crippen molar-refractivity contribution in [2.24, 2.45) is 0 Å². The molecule has 1 saturated heterocycles. The molecule has 1 amide bonds. The summed E-state index contributed by atoms with van der Waals surface area (Å²) in [5.41, 5.74) is 1.83. The van der Waals surface area contributed by atoms with E-state index in [1.165, 1.54) is 0 Å². The second-order valence-corrected chi connectivity index (χ2v) is 7.70. The molecule has 0 bridgehead atoms. The molecule has 168 valence electrons. The molecule has 0 radical (unpaired) electrons. The quantitative estimate of drug-likeness (QED) is 0.579. The van der Waals surface area contributed by atoms with E-state index < -0.39 is 0 Å². The molecule has 1 aromatic heterocycles. The molecule has 7 heteroatoms. The molecular formula is C25H28N2O5. The van der Waals surface area contributed by atoms with Crippen LogP contribution in [0.4, 0.5) is 5.69 Å². The average molecular weight is 437 g/mol. The van der Waals surface area contributed by atoms with Crippen LogP contribution in [0.1, 0.15) is 23.4 Å². The van der Waals surface area contributed by atoms with Crippen LogP contribution in [0.3, 0.4) is 0 Å². The molecule has 0 aliphatic carbocycles. The summed E-state index contributed by atoms with van der Waals surface area (Å²) in [6.45, 7) is 1.31. The summed E-state index contributed by atoms with van der Waals surface area (Å²) < 4.78 is 21.8. The molecular weight excluding hydrogens is 408 g/mol. The highest BCUT2D eigenvalue weighted by Gasteiger charge is 2.26. The number of nitrogens with one attached hydrogen (secondary N) is 1. The number of furan rings is 1. The third kappa shape index (κ3) is 4.66. The molecule has 1 unspecified atom stereocenters. The number of hydrogen-bond donors (Lipinski definition) is 1. The van der Waals surface area contributed by atoms with Crippen LogP contribution in [0.2, 0.25) is 0 Å². The monoisotopic (exact) mass is 436 g/mol. The van der Waals surface area contributed by atoms with Gasteiger partial charge in [0.2, 0.25) is 0 Å². The molecule has 1 N–H and O–H groups in total. The molecule has 32 heavy (non-hydrogen) atoms. The van der Waals surface area contributed by atoms with Gasteiger partial charge in [-0.2, -0.15) is 0 Å². The Hall–Kier alpha value is -3.61. The van der Waals surface area contributed by atoms with Crippen molar-refractivity contribution >= 4 is 11.6 Å². The highest BCUT2D eigenvalue weighted by Crippen LogP contribution is 2.31. The fourth-order valence-corrected chi connectivity index (χ4v) is 3.96. The number of nitrogens with zero attached hydrogens (tertiary/aromatic N) is 1. The maximum absolute atomic E-state index is 13.1. The van der Waals surface area contributed by atoms with Gasteiger partial charge in [0.25, 0.3) is 5.91 Å². The van der Waals surface area contributed by atoms with Crippen molar-refractivity contribution in [1.82, 2.24) is 4.90 Å². The van der Waals surface area contributed by atoms with Crippen LogP contribution in [0.5, 0.6) is 17.2 Å². The molecule has 1 aliphatic heterocycles. The number of benzene rings is 2. The molecule has 1 fully saturated rings. The van der Waals surface area contributed by atoms with Crippen molar-refractivity contribution in [3.8, 4) is 28.6 Å². The van der Waals surface area contributed by atoms with Crippen LogP contribution < -0.4 is 19.5 Å². The van der Waals surface area contributed by atoms with Gasteiger partial charge in [0.1, 0.15) is 11.5 Å². The van der Waals surface area contributed by atoms with Crippen molar-refractivity contribution in [2.75, 3.05) is 39.7 Å². The van der Waals surface area contributed by atoms with Gasteiger partial charge in [0, 0.05) is 36.4 Å². The summed E-state index contributed by atoms with van der Waals surface area (Å²) in [5, 5.41) is 3.51. The van der Waals surface area contributed by atoms with Gasteiger partial charge in [-0.15, -0.1) is 0 Å². The van der Waals surface area contributed by atoms with Gasteiger partial charge < -0.3 is 28.8 Å². The lowest BCUT2D eigenvalue weighted by atomic mass is 10.0. The zero-order valence-electron chi connectivity index (χ0n) is 18.6. The Bertz CT molecular complexity index is 1060. The topological polar surface area (TPSA) is 73.2 Å². The molecule has 2 heterocycles. The molecule has 0 saturated carbocycles. The first-order valence-corrected chi connectivity index (χ1v) is 10.6. The van der Waals surface area contributed by atoms with E-state index in [9.17, 15) is 4.79 Å². The second kappa shape index (κ2) is 9.68. The van der Waals surface area contributed by atoms with E-state index in [1.807, 2.05) is 53.4 Å². The Kier molecular flexibility index (Phi) is 6.54. The normalized spacial score (nSPS) is 15.8. The zero-order valence-corrected chi connectivity index (χ0v) is 18.6. The Labute approximate surface area is 187 Å². The van der Waals surface area contributed by atoms with Crippen molar-refractivity contribution in [2.45, 2.75) is 18.9 Å². The summed E-state index contributed by atoms with van der Waals surface area (Å²) in [7, 11) is 4.86. The summed E-state index contributed by atoms with van der Waals surface area (Å²) in [5.74, 6) is 3.05. The number of anilines is 1. The smallest absolute Gasteiger partial charge is 0.289 e. The standard InChI is InChI=1S/C25H28N2O5/c1-29-20-9-6-17(7-10-20)21-12-13-23(32-21)25(28)27-14-4-5-19(16-27)26-18-8-11-22(30-2)24(15-18)31-3/h6-13,15,19,26H,4-5,14,16H2,1-3H3. The van der Waals surface area contributed by atoms with Gasteiger partial charge in [-0.25, -0.2) is 0 Å². The summed E-state index contributed by atoms with van der Waals surface area (Å²) in [6, 6.07) is 17.0. The Morgan fingerprint density at radius 2 is 1.75 bits per heavy atom. The van der Waals surface area contributed by atoms with E-state index in [0.29, 0.717) is 36.1 Å². The minimum atomic E-state index is -0.0939. The summed E-state index contributed by atoms with van der Waals surface area (Å²) >= 11 is 0. The van der Waals surface area contributed by atoms with Gasteiger partial charge >= 0.3 is 0 Å². The predicted octanol–water partition coefficient (Wildman–Crippen LogP) is 4.69. The molecule has 4 rings (SSSR count). The van der Waals surface area contributed by atoms with Crippen LogP contribution in [0, 0.1) is 0 Å². The molecule has 7 nitrogen and oxygen atoms in total. The van der Waals surface area contributed by atoms with E-state index >= 15 is 0 Å². The average Bonchev–Trinajstić information content (AvgIpc) is 3.34. The minimum Gasteiger partial charge on any atom is -0.497 e. The number of ether oxygens (including phenoxy) is 3. The van der Waals surface area contributed by atoms with E-state index in [4.69, 9.17) is 18.6 Å². The Morgan fingerprint density at radius 3 is 2.47 bits per heavy atom. The fraction of sp³-hybridized carbons (Fsp3) is 0.320. The molecule has 3 aromatic rings. The Balaban J connectivity index is 1.42. The number of piperidine rings is 1. The van der Waals surface area contributed by atoms with Gasteiger partial charge in [0.05, 0.1) is 21.3 Å².